The van der Waals surface area contributed by atoms with Crippen LogP contribution in [0, 0.1) is 5.92 Å². The number of hydrogen-bond acceptors (Lipinski definition) is 4. The number of carbonyl (C=O) groups is 2. The van der Waals surface area contributed by atoms with Crippen molar-refractivity contribution in [2.75, 3.05) is 11.4 Å². The fourth-order valence-corrected chi connectivity index (χ4v) is 4.21. The Morgan fingerprint density at radius 3 is 2.47 bits per heavy atom. The molecule has 1 unspecified atom stereocenters. The molecular weight excluding hydrogens is 402 g/mol. The number of primary sulfonamides is 1. The second-order valence-electron chi connectivity index (χ2n) is 7.31. The predicted molar refractivity (Wildman–Crippen MR) is 114 cm³/mol. The molecule has 0 bridgehead atoms. The Hall–Kier alpha value is -3.23. The lowest BCUT2D eigenvalue weighted by Crippen LogP contribution is -2.32. The summed E-state index contributed by atoms with van der Waals surface area (Å²) < 4.78 is 22.6. The largest absolute Gasteiger partial charge is 0.352 e. The SMILES string of the molecule is NS(=O)(=O)c1ccc(CNC(=O)C2CC(=O)N(c3cccc4ccccc34)C2)cc1. The van der Waals surface area contributed by atoms with Crippen molar-refractivity contribution in [3.63, 3.8) is 0 Å². The van der Waals surface area contributed by atoms with Gasteiger partial charge in [0.05, 0.1) is 16.5 Å². The Morgan fingerprint density at radius 1 is 1.03 bits per heavy atom. The van der Waals surface area contributed by atoms with E-state index >= 15 is 0 Å². The van der Waals surface area contributed by atoms with Gasteiger partial charge in [-0.1, -0.05) is 48.5 Å². The Kier molecular flexibility index (Phi) is 5.27. The van der Waals surface area contributed by atoms with Gasteiger partial charge >= 0.3 is 0 Å². The van der Waals surface area contributed by atoms with Crippen LogP contribution in [-0.2, 0) is 26.2 Å². The number of amides is 2. The molecule has 3 aromatic carbocycles. The second kappa shape index (κ2) is 7.89. The predicted octanol–water partition coefficient (Wildman–Crippen LogP) is 2.16. The van der Waals surface area contributed by atoms with Crippen molar-refractivity contribution >= 4 is 38.3 Å². The van der Waals surface area contributed by atoms with Crippen LogP contribution in [0.5, 0.6) is 0 Å². The highest BCUT2D eigenvalue weighted by Gasteiger charge is 2.35. The van der Waals surface area contributed by atoms with Crippen LogP contribution in [0.4, 0.5) is 5.69 Å². The van der Waals surface area contributed by atoms with E-state index in [9.17, 15) is 18.0 Å². The van der Waals surface area contributed by atoms with Crippen molar-refractivity contribution < 1.29 is 18.0 Å². The highest BCUT2D eigenvalue weighted by atomic mass is 32.2. The zero-order valence-electron chi connectivity index (χ0n) is 16.1. The van der Waals surface area contributed by atoms with Gasteiger partial charge in [-0.2, -0.15) is 0 Å². The second-order valence-corrected chi connectivity index (χ2v) is 8.87. The maximum Gasteiger partial charge on any atom is 0.238 e. The summed E-state index contributed by atoms with van der Waals surface area (Å²) in [5, 5.41) is 9.93. The summed E-state index contributed by atoms with van der Waals surface area (Å²) in [7, 11) is -3.75. The third-order valence-corrected chi connectivity index (χ3v) is 6.20. The number of hydrogen-bond donors (Lipinski definition) is 2. The summed E-state index contributed by atoms with van der Waals surface area (Å²) in [6.45, 7) is 0.561. The van der Waals surface area contributed by atoms with E-state index in [1.54, 1.807) is 17.0 Å². The molecule has 1 heterocycles. The lowest BCUT2D eigenvalue weighted by molar-refractivity contribution is -0.126. The quantitative estimate of drug-likeness (QED) is 0.655. The average molecular weight is 423 g/mol. The lowest BCUT2D eigenvalue weighted by Gasteiger charge is -2.19. The summed E-state index contributed by atoms with van der Waals surface area (Å²) in [5.41, 5.74) is 1.55. The topological polar surface area (TPSA) is 110 Å². The maximum absolute atomic E-state index is 12.6. The number of fused-ring (bicyclic) bond motifs is 1. The number of carbonyl (C=O) groups excluding carboxylic acids is 2. The molecule has 1 saturated heterocycles. The number of nitrogens with two attached hydrogens (primary N) is 1. The van der Waals surface area contributed by atoms with Crippen LogP contribution in [0.15, 0.2) is 71.6 Å². The van der Waals surface area contributed by atoms with Gasteiger partial charge < -0.3 is 10.2 Å². The monoisotopic (exact) mass is 423 g/mol. The standard InChI is InChI=1S/C22H21N3O4S/c23-30(28,29)18-10-8-15(9-11-18)13-24-22(27)17-12-21(26)25(14-17)20-7-3-5-16-4-1-2-6-19(16)20/h1-11,17H,12-14H2,(H,24,27)(H2,23,28,29). The van der Waals surface area contributed by atoms with E-state index in [4.69, 9.17) is 5.14 Å². The van der Waals surface area contributed by atoms with E-state index in [2.05, 4.69) is 5.32 Å². The van der Waals surface area contributed by atoms with Crippen molar-refractivity contribution in [3.8, 4) is 0 Å². The Labute approximate surface area is 174 Å². The molecule has 2 amide bonds. The summed E-state index contributed by atoms with van der Waals surface area (Å²) >= 11 is 0. The van der Waals surface area contributed by atoms with Crippen molar-refractivity contribution in [2.24, 2.45) is 11.1 Å². The summed E-state index contributed by atoms with van der Waals surface area (Å²) in [5.74, 6) is -0.731. The summed E-state index contributed by atoms with van der Waals surface area (Å²) in [6, 6.07) is 19.6. The van der Waals surface area contributed by atoms with Crippen LogP contribution < -0.4 is 15.4 Å². The smallest absolute Gasteiger partial charge is 0.238 e. The minimum atomic E-state index is -3.75. The molecule has 0 radical (unpaired) electrons. The van der Waals surface area contributed by atoms with E-state index in [1.165, 1.54) is 12.1 Å². The first-order valence-electron chi connectivity index (χ1n) is 9.50. The maximum atomic E-state index is 12.6. The molecule has 4 rings (SSSR count). The summed E-state index contributed by atoms with van der Waals surface area (Å²) in [6.07, 6.45) is 0.152. The molecule has 0 saturated carbocycles. The highest BCUT2D eigenvalue weighted by Crippen LogP contribution is 2.31. The molecule has 8 heteroatoms. The molecule has 0 aromatic heterocycles. The van der Waals surface area contributed by atoms with Gasteiger partial charge in [-0.05, 0) is 29.1 Å². The van der Waals surface area contributed by atoms with E-state index in [0.717, 1.165) is 22.0 Å². The number of benzene rings is 3. The zero-order valence-corrected chi connectivity index (χ0v) is 16.9. The fraction of sp³-hybridized carbons (Fsp3) is 0.182. The summed E-state index contributed by atoms with van der Waals surface area (Å²) in [4.78, 5) is 26.9. The van der Waals surface area contributed by atoms with Gasteiger partial charge in [0.25, 0.3) is 0 Å². The van der Waals surface area contributed by atoms with Crippen molar-refractivity contribution in [2.45, 2.75) is 17.9 Å². The molecule has 1 atom stereocenters. The van der Waals surface area contributed by atoms with Gasteiger partial charge in [-0.3, -0.25) is 9.59 Å². The first kappa shape index (κ1) is 20.1. The molecule has 0 spiro atoms. The average Bonchev–Trinajstić information content (AvgIpc) is 3.13. The number of sulfonamides is 1. The molecule has 1 fully saturated rings. The van der Waals surface area contributed by atoms with Crippen molar-refractivity contribution in [3.05, 3.63) is 72.3 Å². The molecule has 0 aliphatic carbocycles. The molecular formula is C22H21N3O4S. The Balaban J connectivity index is 1.43. The minimum Gasteiger partial charge on any atom is -0.352 e. The van der Waals surface area contributed by atoms with E-state index in [1.807, 2.05) is 42.5 Å². The van der Waals surface area contributed by atoms with Crippen molar-refractivity contribution in [1.82, 2.24) is 5.32 Å². The molecule has 3 N–H and O–H groups in total. The first-order chi connectivity index (χ1) is 14.3. The molecule has 3 aromatic rings. The third kappa shape index (κ3) is 4.05. The van der Waals surface area contributed by atoms with Crippen LogP contribution in [0.25, 0.3) is 10.8 Å². The molecule has 1 aliphatic heterocycles. The number of nitrogens with zero attached hydrogens (tertiary/aromatic N) is 1. The number of anilines is 1. The Bertz CT molecular complexity index is 1220. The molecule has 154 valence electrons. The van der Waals surface area contributed by atoms with Crippen LogP contribution in [-0.4, -0.2) is 26.8 Å². The zero-order chi connectivity index (χ0) is 21.3. The van der Waals surface area contributed by atoms with E-state index in [-0.39, 0.29) is 29.7 Å². The van der Waals surface area contributed by atoms with E-state index in [0.29, 0.717) is 6.54 Å². The first-order valence-corrected chi connectivity index (χ1v) is 11.0. The Morgan fingerprint density at radius 2 is 1.73 bits per heavy atom. The minimum absolute atomic E-state index is 0.0182. The number of nitrogens with one attached hydrogen (secondary N) is 1. The molecule has 30 heavy (non-hydrogen) atoms. The van der Waals surface area contributed by atoms with Gasteiger partial charge in [0.1, 0.15) is 0 Å². The normalized spacial score (nSPS) is 16.8. The van der Waals surface area contributed by atoms with Crippen LogP contribution >= 0.6 is 0 Å². The fourth-order valence-electron chi connectivity index (χ4n) is 3.69. The lowest BCUT2D eigenvalue weighted by atomic mass is 10.1. The van der Waals surface area contributed by atoms with Gasteiger partial charge in [0.15, 0.2) is 0 Å². The van der Waals surface area contributed by atoms with E-state index < -0.39 is 15.9 Å². The van der Waals surface area contributed by atoms with Gasteiger partial charge in [0, 0.05) is 24.9 Å². The number of rotatable bonds is 5. The van der Waals surface area contributed by atoms with Crippen LogP contribution in [0.1, 0.15) is 12.0 Å². The van der Waals surface area contributed by atoms with Crippen LogP contribution in [0.3, 0.4) is 0 Å². The van der Waals surface area contributed by atoms with Gasteiger partial charge in [-0.25, -0.2) is 13.6 Å². The van der Waals surface area contributed by atoms with Gasteiger partial charge in [-0.15, -0.1) is 0 Å². The van der Waals surface area contributed by atoms with Crippen LogP contribution in [0.2, 0.25) is 0 Å². The van der Waals surface area contributed by atoms with Gasteiger partial charge in [0.2, 0.25) is 21.8 Å². The molecule has 7 nitrogen and oxygen atoms in total. The van der Waals surface area contributed by atoms with Crippen molar-refractivity contribution in [1.29, 1.82) is 0 Å². The third-order valence-electron chi connectivity index (χ3n) is 5.27. The highest BCUT2D eigenvalue weighted by molar-refractivity contribution is 7.89. The molecule has 1 aliphatic rings.